The van der Waals surface area contributed by atoms with E-state index in [-0.39, 0.29) is 0 Å². The van der Waals surface area contributed by atoms with Crippen molar-refractivity contribution < 1.29 is 0 Å². The summed E-state index contributed by atoms with van der Waals surface area (Å²) in [5.74, 6) is 0. The van der Waals surface area contributed by atoms with Gasteiger partial charge in [-0.15, -0.1) is 22.7 Å². The van der Waals surface area contributed by atoms with Gasteiger partial charge in [-0.1, -0.05) is 109 Å². The Balaban J connectivity index is 1.08. The summed E-state index contributed by atoms with van der Waals surface area (Å²) >= 11 is 3.59. The summed E-state index contributed by atoms with van der Waals surface area (Å²) in [6.45, 7) is 0. The van der Waals surface area contributed by atoms with Gasteiger partial charge in [0.2, 0.25) is 0 Å². The van der Waals surface area contributed by atoms with Crippen LogP contribution in [0.4, 0.5) is 0 Å². The quantitative estimate of drug-likeness (QED) is 0.184. The lowest BCUT2D eigenvalue weighted by Gasteiger charge is -2.10. The van der Waals surface area contributed by atoms with Gasteiger partial charge in [-0.2, -0.15) is 0 Å². The van der Waals surface area contributed by atoms with Crippen molar-refractivity contribution in [3.8, 4) is 33.5 Å². The zero-order valence-electron chi connectivity index (χ0n) is 24.6. The fraction of sp³-hybridized carbons (Fsp3) is 0. The second-order valence-corrected chi connectivity index (χ2v) is 13.9. The summed E-state index contributed by atoms with van der Waals surface area (Å²) in [4.78, 5) is 11.2. The zero-order chi connectivity index (χ0) is 30.2. The lowest BCUT2D eigenvalue weighted by atomic mass is 9.96. The third kappa shape index (κ3) is 3.94. The van der Waals surface area contributed by atoms with E-state index < -0.39 is 0 Å². The SMILES string of the molecule is c1cc(-c2ccc3sc4nc(-c5cc6ccccc6c6ccccc56)cnc4c3c2)cc(-c2cccc3c2sc2ccccc23)c1. The average molecular weight is 621 g/mol. The van der Waals surface area contributed by atoms with Crippen LogP contribution in [0.1, 0.15) is 0 Å². The summed E-state index contributed by atoms with van der Waals surface area (Å²) in [6.07, 6.45) is 1.95. The van der Waals surface area contributed by atoms with E-state index >= 15 is 0 Å². The van der Waals surface area contributed by atoms with Crippen molar-refractivity contribution in [2.75, 3.05) is 0 Å². The minimum atomic E-state index is 0.907. The van der Waals surface area contributed by atoms with Crippen molar-refractivity contribution in [3.63, 3.8) is 0 Å². The van der Waals surface area contributed by atoms with Crippen molar-refractivity contribution in [1.29, 1.82) is 0 Å². The zero-order valence-corrected chi connectivity index (χ0v) is 26.2. The first kappa shape index (κ1) is 25.9. The molecule has 214 valence electrons. The van der Waals surface area contributed by atoms with Crippen molar-refractivity contribution in [2.24, 2.45) is 0 Å². The molecule has 10 aromatic rings. The van der Waals surface area contributed by atoms with E-state index in [4.69, 9.17) is 9.97 Å². The van der Waals surface area contributed by atoms with Gasteiger partial charge in [-0.05, 0) is 74.1 Å². The second kappa shape index (κ2) is 10.0. The van der Waals surface area contributed by atoms with E-state index in [0.29, 0.717) is 0 Å². The molecule has 0 N–H and O–H groups in total. The Bertz CT molecular complexity index is 2820. The normalized spacial score (nSPS) is 11.9. The molecule has 0 spiro atoms. The first-order valence-corrected chi connectivity index (χ1v) is 17.0. The molecular weight excluding hydrogens is 597 g/mol. The highest BCUT2D eigenvalue weighted by Crippen LogP contribution is 2.42. The maximum absolute atomic E-state index is 5.20. The van der Waals surface area contributed by atoms with Gasteiger partial charge in [-0.25, -0.2) is 4.98 Å². The Labute approximate surface area is 272 Å². The van der Waals surface area contributed by atoms with Crippen LogP contribution in [0.2, 0.25) is 0 Å². The van der Waals surface area contributed by atoms with E-state index in [1.807, 2.05) is 17.5 Å². The summed E-state index contributed by atoms with van der Waals surface area (Å²) in [5.41, 5.74) is 7.88. The molecule has 0 bridgehead atoms. The van der Waals surface area contributed by atoms with Gasteiger partial charge in [0.25, 0.3) is 0 Å². The highest BCUT2D eigenvalue weighted by atomic mass is 32.1. The maximum Gasteiger partial charge on any atom is 0.143 e. The summed E-state index contributed by atoms with van der Waals surface area (Å²) in [5, 5.41) is 8.71. The van der Waals surface area contributed by atoms with E-state index in [1.165, 1.54) is 68.7 Å². The van der Waals surface area contributed by atoms with Crippen LogP contribution in [0.3, 0.4) is 0 Å². The van der Waals surface area contributed by atoms with Gasteiger partial charge < -0.3 is 0 Å². The van der Waals surface area contributed by atoms with Gasteiger partial charge in [0.15, 0.2) is 0 Å². The predicted octanol–water partition coefficient (Wildman–Crippen LogP) is 12.5. The molecule has 0 unspecified atom stereocenters. The number of thiophene rings is 2. The molecule has 0 saturated carbocycles. The highest BCUT2D eigenvalue weighted by molar-refractivity contribution is 7.26. The van der Waals surface area contributed by atoms with Gasteiger partial charge in [0.05, 0.1) is 11.9 Å². The van der Waals surface area contributed by atoms with Crippen molar-refractivity contribution in [1.82, 2.24) is 9.97 Å². The Morgan fingerprint density at radius 1 is 0.435 bits per heavy atom. The molecule has 46 heavy (non-hydrogen) atoms. The Morgan fingerprint density at radius 2 is 1.15 bits per heavy atom. The molecule has 2 nitrogen and oxygen atoms in total. The van der Waals surface area contributed by atoms with Crippen LogP contribution < -0.4 is 0 Å². The number of hydrogen-bond donors (Lipinski definition) is 0. The third-order valence-corrected chi connectivity index (χ3v) is 11.4. The largest absolute Gasteiger partial charge is 0.251 e. The van der Waals surface area contributed by atoms with Gasteiger partial charge in [0.1, 0.15) is 10.3 Å². The van der Waals surface area contributed by atoms with E-state index in [2.05, 4.69) is 140 Å². The predicted molar refractivity (Wildman–Crippen MR) is 199 cm³/mol. The molecule has 0 fully saturated rings. The molecule has 0 aliphatic carbocycles. The third-order valence-electron chi connectivity index (χ3n) is 9.14. The molecular formula is C42H24N2S2. The number of rotatable bonds is 3. The number of hydrogen-bond acceptors (Lipinski definition) is 4. The van der Waals surface area contributed by atoms with E-state index in [9.17, 15) is 0 Å². The topological polar surface area (TPSA) is 25.8 Å². The molecule has 0 amide bonds. The highest BCUT2D eigenvalue weighted by Gasteiger charge is 2.15. The fourth-order valence-corrected chi connectivity index (χ4v) is 9.20. The van der Waals surface area contributed by atoms with Crippen LogP contribution in [0, 0.1) is 0 Å². The lowest BCUT2D eigenvalue weighted by molar-refractivity contribution is 1.33. The standard InChI is InChI=1S/C42H24N2S2/c1-2-12-29-28(9-1)23-35(32-14-4-3-13-31(29)32)37-24-43-40-36-22-26(19-20-39(36)46-42(40)44-37)25-10-7-11-27(21-25)30-16-8-17-34-33-15-5-6-18-38(33)45-41(30)34/h1-24H. The van der Waals surface area contributed by atoms with Crippen molar-refractivity contribution >= 4 is 84.8 Å². The lowest BCUT2D eigenvalue weighted by Crippen LogP contribution is -1.89. The number of aromatic nitrogens is 2. The van der Waals surface area contributed by atoms with E-state index in [0.717, 1.165) is 27.0 Å². The monoisotopic (exact) mass is 620 g/mol. The smallest absolute Gasteiger partial charge is 0.143 e. The van der Waals surface area contributed by atoms with Crippen LogP contribution in [-0.2, 0) is 0 Å². The van der Waals surface area contributed by atoms with Crippen LogP contribution in [0.25, 0.3) is 95.7 Å². The number of fused-ring (bicyclic) bond motifs is 9. The number of benzene rings is 7. The molecule has 3 heterocycles. The summed E-state index contributed by atoms with van der Waals surface area (Å²) in [6, 6.07) is 50.5. The Morgan fingerprint density at radius 3 is 2.09 bits per heavy atom. The molecule has 0 aliphatic heterocycles. The van der Waals surface area contributed by atoms with E-state index in [1.54, 1.807) is 11.3 Å². The Hall–Kier alpha value is -5.42. The van der Waals surface area contributed by atoms with Crippen LogP contribution in [0.5, 0.6) is 0 Å². The molecule has 4 heteroatoms. The van der Waals surface area contributed by atoms with Crippen LogP contribution in [-0.4, -0.2) is 9.97 Å². The fourth-order valence-electron chi connectivity index (χ4n) is 6.95. The first-order chi connectivity index (χ1) is 22.8. The van der Waals surface area contributed by atoms with Gasteiger partial charge >= 0.3 is 0 Å². The van der Waals surface area contributed by atoms with Gasteiger partial charge in [-0.3, -0.25) is 4.98 Å². The molecule has 7 aromatic carbocycles. The van der Waals surface area contributed by atoms with Gasteiger partial charge in [0, 0.05) is 35.8 Å². The van der Waals surface area contributed by atoms with Crippen LogP contribution >= 0.6 is 22.7 Å². The Kier molecular flexibility index (Phi) is 5.65. The summed E-state index contributed by atoms with van der Waals surface area (Å²) < 4.78 is 3.87. The second-order valence-electron chi connectivity index (χ2n) is 11.8. The summed E-state index contributed by atoms with van der Waals surface area (Å²) in [7, 11) is 0. The average Bonchev–Trinajstić information content (AvgIpc) is 3.69. The molecule has 0 atom stereocenters. The molecule has 0 radical (unpaired) electrons. The van der Waals surface area contributed by atoms with Crippen molar-refractivity contribution in [2.45, 2.75) is 0 Å². The number of nitrogens with zero attached hydrogens (tertiary/aromatic N) is 2. The first-order valence-electron chi connectivity index (χ1n) is 15.4. The molecule has 0 aliphatic rings. The minimum absolute atomic E-state index is 0.907. The maximum atomic E-state index is 5.20. The van der Waals surface area contributed by atoms with Crippen LogP contribution in [0.15, 0.2) is 146 Å². The molecule has 0 saturated heterocycles. The minimum Gasteiger partial charge on any atom is -0.251 e. The molecule has 10 rings (SSSR count). The molecule has 3 aromatic heterocycles. The van der Waals surface area contributed by atoms with Crippen molar-refractivity contribution in [3.05, 3.63) is 146 Å².